The van der Waals surface area contributed by atoms with E-state index in [9.17, 15) is 24.4 Å². The van der Waals surface area contributed by atoms with Crippen molar-refractivity contribution in [2.75, 3.05) is 0 Å². The van der Waals surface area contributed by atoms with Crippen LogP contribution in [0.15, 0.2) is 133 Å². The Balaban J connectivity index is 1.33. The number of rotatable bonds is 8. The quantitative estimate of drug-likeness (QED) is 0.107. The normalized spacial score (nSPS) is 13.3. The lowest BCUT2D eigenvalue weighted by Gasteiger charge is -2.20. The van der Waals surface area contributed by atoms with Crippen molar-refractivity contribution >= 4 is 34.8 Å². The second-order valence-electron chi connectivity index (χ2n) is 12.3. The van der Waals surface area contributed by atoms with Gasteiger partial charge in [-0.1, -0.05) is 121 Å². The van der Waals surface area contributed by atoms with Crippen LogP contribution in [0.2, 0.25) is 0 Å². The van der Waals surface area contributed by atoms with Gasteiger partial charge in [0.25, 0.3) is 11.8 Å². The molecule has 0 aromatic heterocycles. The third-order valence-electron chi connectivity index (χ3n) is 9.01. The molecule has 7 rings (SSSR count). The van der Waals surface area contributed by atoms with Gasteiger partial charge in [0.05, 0.1) is 23.2 Å². The van der Waals surface area contributed by atoms with Gasteiger partial charge >= 0.3 is 12.2 Å². The van der Waals surface area contributed by atoms with Crippen LogP contribution >= 0.6 is 0 Å². The fraction of sp³-hybridized carbons (Fsp3) is 0.0952. The van der Waals surface area contributed by atoms with Gasteiger partial charge in [-0.25, -0.2) is 9.59 Å². The van der Waals surface area contributed by atoms with E-state index in [1.807, 2.05) is 74.5 Å². The molecule has 0 unspecified atom stereocenters. The Bertz CT molecular complexity index is 2180. The van der Waals surface area contributed by atoms with Gasteiger partial charge in [0.2, 0.25) is 0 Å². The molecule has 0 saturated carbocycles. The fourth-order valence-corrected chi connectivity index (χ4v) is 6.52. The number of ether oxygens (including phenoxy) is 2. The number of para-hydroxylation sites is 2. The lowest BCUT2D eigenvalue weighted by atomic mass is 9.84. The first-order valence-corrected chi connectivity index (χ1v) is 16.6. The summed E-state index contributed by atoms with van der Waals surface area (Å²) in [6.07, 6.45) is -1.45. The minimum absolute atomic E-state index is 0.0754. The van der Waals surface area contributed by atoms with E-state index in [4.69, 9.17) is 9.47 Å². The van der Waals surface area contributed by atoms with Gasteiger partial charge in [0, 0.05) is 22.3 Å². The Labute approximate surface area is 299 Å². The summed E-state index contributed by atoms with van der Waals surface area (Å²) >= 11 is 0. The molecule has 1 aliphatic heterocycles. The zero-order valence-corrected chi connectivity index (χ0v) is 28.2. The van der Waals surface area contributed by atoms with Crippen molar-refractivity contribution in [2.24, 2.45) is 0 Å². The summed E-state index contributed by atoms with van der Waals surface area (Å²) in [4.78, 5) is 54.1. The van der Waals surface area contributed by atoms with Crippen molar-refractivity contribution in [2.45, 2.75) is 25.9 Å². The van der Waals surface area contributed by atoms with Crippen LogP contribution in [0.5, 0.6) is 11.5 Å². The largest absolute Gasteiger partial charge is 0.413 e. The summed E-state index contributed by atoms with van der Waals surface area (Å²) in [5, 5.41) is 17.6. The standard InChI is InChI=1S/C42H33N3O7/c1-25(27-15-5-3-6-16-27)43-41(48)51-33-23-13-11-21-31(33)35-29-19-9-10-20-30(29)36(38-37(35)39(46)45(50)40(38)47)32-22-12-14-24-34(32)52-42(49)44-26(2)28-17-7-4-8-18-28/h3-26,50H,1-2H3,(H,43,48)(H,44,49)/t25-,26-/m0/s1. The van der Waals surface area contributed by atoms with E-state index in [0.29, 0.717) is 21.9 Å². The summed E-state index contributed by atoms with van der Waals surface area (Å²) in [6, 6.07) is 38.5. The molecule has 0 bridgehead atoms. The molecule has 2 atom stereocenters. The molecule has 1 aliphatic rings. The second kappa shape index (κ2) is 14.2. The summed E-state index contributed by atoms with van der Waals surface area (Å²) in [5.41, 5.74) is 2.85. The highest BCUT2D eigenvalue weighted by Crippen LogP contribution is 2.48. The van der Waals surface area contributed by atoms with Crippen LogP contribution in [0, 0.1) is 0 Å². The average Bonchev–Trinajstić information content (AvgIpc) is 3.38. The van der Waals surface area contributed by atoms with Crippen molar-refractivity contribution in [3.8, 4) is 33.8 Å². The number of hydrogen-bond donors (Lipinski definition) is 3. The van der Waals surface area contributed by atoms with Gasteiger partial charge < -0.3 is 20.1 Å². The molecule has 1 heterocycles. The third-order valence-corrected chi connectivity index (χ3v) is 9.01. The van der Waals surface area contributed by atoms with Crippen molar-refractivity contribution < 1.29 is 33.9 Å². The molecule has 0 spiro atoms. The lowest BCUT2D eigenvalue weighted by Crippen LogP contribution is -2.29. The van der Waals surface area contributed by atoms with Gasteiger partial charge in [0.15, 0.2) is 0 Å². The Morgan fingerprint density at radius 3 is 1.27 bits per heavy atom. The molecule has 3 N–H and O–H groups in total. The molecule has 0 saturated heterocycles. The smallest absolute Gasteiger partial charge is 0.410 e. The first-order valence-electron chi connectivity index (χ1n) is 16.6. The van der Waals surface area contributed by atoms with Crippen LogP contribution in [0.4, 0.5) is 9.59 Å². The van der Waals surface area contributed by atoms with Crippen LogP contribution in [-0.4, -0.2) is 34.3 Å². The SMILES string of the molecule is C[C@H](NC(=O)Oc1ccccc1-c1c2c(c(-c3ccccc3OC(=O)N[C@@H](C)c3ccccc3)c3ccccc13)C(=O)N(O)C2=O)c1ccccc1. The van der Waals surface area contributed by atoms with E-state index >= 15 is 0 Å². The van der Waals surface area contributed by atoms with E-state index in [2.05, 4.69) is 10.6 Å². The molecule has 0 radical (unpaired) electrons. The number of nitrogens with zero attached hydrogens (tertiary/aromatic N) is 1. The molecule has 4 amide bonds. The Morgan fingerprint density at radius 1 is 0.519 bits per heavy atom. The summed E-state index contributed by atoms with van der Waals surface area (Å²) in [6.45, 7) is 3.66. The zero-order chi connectivity index (χ0) is 36.4. The van der Waals surface area contributed by atoms with Crippen molar-refractivity contribution in [1.82, 2.24) is 15.7 Å². The summed E-state index contributed by atoms with van der Waals surface area (Å²) in [5.74, 6) is -1.64. The molecule has 10 heteroatoms. The molecular weight excluding hydrogens is 658 g/mol. The number of nitrogens with one attached hydrogen (secondary N) is 2. The van der Waals surface area contributed by atoms with Gasteiger partial charge in [-0.15, -0.1) is 5.06 Å². The number of carbonyl (C=O) groups is 4. The van der Waals surface area contributed by atoms with Crippen LogP contribution in [-0.2, 0) is 0 Å². The Kier molecular flexibility index (Phi) is 9.22. The van der Waals surface area contributed by atoms with Gasteiger partial charge in [-0.3, -0.25) is 14.8 Å². The number of fused-ring (bicyclic) bond motifs is 2. The number of imide groups is 1. The molecule has 6 aromatic carbocycles. The number of carbonyl (C=O) groups excluding carboxylic acids is 4. The van der Waals surface area contributed by atoms with Crippen LogP contribution in [0.3, 0.4) is 0 Å². The van der Waals surface area contributed by atoms with E-state index in [0.717, 1.165) is 11.1 Å². The molecule has 0 fully saturated rings. The fourth-order valence-electron chi connectivity index (χ4n) is 6.52. The van der Waals surface area contributed by atoms with Gasteiger partial charge in [0.1, 0.15) is 11.5 Å². The van der Waals surface area contributed by atoms with Crippen LogP contribution in [0.1, 0.15) is 57.8 Å². The maximum atomic E-state index is 13.8. The van der Waals surface area contributed by atoms with E-state index in [-0.39, 0.29) is 50.9 Å². The average molecular weight is 692 g/mol. The first-order chi connectivity index (χ1) is 25.2. The van der Waals surface area contributed by atoms with E-state index < -0.39 is 24.0 Å². The van der Waals surface area contributed by atoms with Gasteiger partial charge in [-0.05, 0) is 47.9 Å². The summed E-state index contributed by atoms with van der Waals surface area (Å²) < 4.78 is 11.7. The van der Waals surface area contributed by atoms with Crippen molar-refractivity contribution in [1.29, 1.82) is 0 Å². The van der Waals surface area contributed by atoms with Crippen molar-refractivity contribution in [3.63, 3.8) is 0 Å². The maximum absolute atomic E-state index is 13.8. The number of amides is 4. The maximum Gasteiger partial charge on any atom is 0.413 e. The number of hydrogen-bond acceptors (Lipinski definition) is 7. The minimum Gasteiger partial charge on any atom is -0.410 e. The second-order valence-corrected chi connectivity index (χ2v) is 12.3. The molecule has 10 nitrogen and oxygen atoms in total. The van der Waals surface area contributed by atoms with Crippen LogP contribution in [0.25, 0.3) is 33.0 Å². The van der Waals surface area contributed by atoms with Crippen molar-refractivity contribution in [3.05, 3.63) is 156 Å². The molecular formula is C42H33N3O7. The zero-order valence-electron chi connectivity index (χ0n) is 28.2. The highest BCUT2D eigenvalue weighted by atomic mass is 16.6. The van der Waals surface area contributed by atoms with E-state index in [1.165, 1.54) is 0 Å². The predicted octanol–water partition coefficient (Wildman–Crippen LogP) is 8.86. The lowest BCUT2D eigenvalue weighted by molar-refractivity contribution is -0.0326. The molecule has 52 heavy (non-hydrogen) atoms. The molecule has 0 aliphatic carbocycles. The third kappa shape index (κ3) is 6.34. The highest BCUT2D eigenvalue weighted by molar-refractivity contribution is 6.31. The minimum atomic E-state index is -0.952. The summed E-state index contributed by atoms with van der Waals surface area (Å²) in [7, 11) is 0. The monoisotopic (exact) mass is 691 g/mol. The number of benzene rings is 6. The molecule has 258 valence electrons. The van der Waals surface area contributed by atoms with Crippen LogP contribution < -0.4 is 20.1 Å². The Morgan fingerprint density at radius 2 is 0.865 bits per heavy atom. The highest BCUT2D eigenvalue weighted by Gasteiger charge is 2.42. The predicted molar refractivity (Wildman–Crippen MR) is 195 cm³/mol. The van der Waals surface area contributed by atoms with E-state index in [1.54, 1.807) is 72.8 Å². The van der Waals surface area contributed by atoms with Gasteiger partial charge in [-0.2, -0.15) is 0 Å². The molecule has 6 aromatic rings. The Hall–Kier alpha value is -6.78. The number of hydroxylamine groups is 2. The topological polar surface area (TPSA) is 134 Å². The first kappa shape index (κ1) is 33.7.